The first-order valence-electron chi connectivity index (χ1n) is 8.53. The Bertz CT molecular complexity index is 979. The van der Waals surface area contributed by atoms with Crippen LogP contribution in [0.4, 0.5) is 8.78 Å². The van der Waals surface area contributed by atoms with Crippen LogP contribution in [0.1, 0.15) is 28.9 Å². The number of aliphatic hydroxyl groups is 1. The van der Waals surface area contributed by atoms with Gasteiger partial charge in [0.05, 0.1) is 29.6 Å². The van der Waals surface area contributed by atoms with E-state index in [2.05, 4.69) is 10.4 Å². The number of nitrogens with one attached hydrogen (secondary N) is 1. The summed E-state index contributed by atoms with van der Waals surface area (Å²) >= 11 is 0. The number of carbonyl (C=O) groups excluding carboxylic acids is 1. The summed E-state index contributed by atoms with van der Waals surface area (Å²) in [5.74, 6) is -1.50. The number of carbonyl (C=O) groups is 1. The maximum atomic E-state index is 13.2. The molecule has 27 heavy (non-hydrogen) atoms. The van der Waals surface area contributed by atoms with Gasteiger partial charge in [-0.2, -0.15) is 5.10 Å². The van der Waals surface area contributed by atoms with E-state index < -0.39 is 11.6 Å². The third kappa shape index (κ3) is 3.48. The molecule has 0 saturated heterocycles. The summed E-state index contributed by atoms with van der Waals surface area (Å²) in [6.07, 6.45) is 2.35. The van der Waals surface area contributed by atoms with Crippen LogP contribution in [0.2, 0.25) is 0 Å². The van der Waals surface area contributed by atoms with Gasteiger partial charge in [-0.25, -0.2) is 13.3 Å². The summed E-state index contributed by atoms with van der Waals surface area (Å²) in [6, 6.07) is 8.20. The molecule has 6 nitrogen and oxygen atoms in total. The number of hydrogen-bond acceptors (Lipinski definition) is 4. The van der Waals surface area contributed by atoms with E-state index in [4.69, 9.17) is 4.74 Å². The van der Waals surface area contributed by atoms with Gasteiger partial charge >= 0.3 is 0 Å². The first-order valence-corrected chi connectivity index (χ1v) is 8.53. The van der Waals surface area contributed by atoms with Gasteiger partial charge in [-0.3, -0.25) is 4.79 Å². The van der Waals surface area contributed by atoms with Crippen LogP contribution >= 0.6 is 0 Å². The van der Waals surface area contributed by atoms with Crippen molar-refractivity contribution in [1.29, 1.82) is 0 Å². The van der Waals surface area contributed by atoms with Crippen LogP contribution in [0.5, 0.6) is 5.75 Å². The quantitative estimate of drug-likeness (QED) is 0.720. The second-order valence-corrected chi connectivity index (χ2v) is 6.52. The van der Waals surface area contributed by atoms with Crippen molar-refractivity contribution in [2.45, 2.75) is 31.6 Å². The minimum absolute atomic E-state index is 0.0862. The molecule has 2 aromatic heterocycles. The maximum Gasteiger partial charge on any atom is 0.255 e. The number of amides is 1. The van der Waals surface area contributed by atoms with E-state index in [9.17, 15) is 18.7 Å². The lowest BCUT2D eigenvalue weighted by Gasteiger charge is -2.35. The molecule has 0 spiro atoms. The van der Waals surface area contributed by atoms with Crippen molar-refractivity contribution < 1.29 is 23.4 Å². The summed E-state index contributed by atoms with van der Waals surface area (Å²) in [5, 5.41) is 16.4. The number of benzene rings is 1. The molecular formula is C19H17F2N3O3. The first kappa shape index (κ1) is 17.4. The molecule has 1 aliphatic carbocycles. The van der Waals surface area contributed by atoms with Crippen LogP contribution in [0.3, 0.4) is 0 Å². The normalized spacial score (nSPS) is 18.9. The van der Waals surface area contributed by atoms with E-state index in [1.165, 1.54) is 10.7 Å². The molecular weight excluding hydrogens is 356 g/mol. The van der Waals surface area contributed by atoms with Gasteiger partial charge in [0.15, 0.2) is 0 Å². The highest BCUT2D eigenvalue weighted by atomic mass is 19.1. The number of ether oxygens (including phenoxy) is 1. The molecule has 2 N–H and O–H groups in total. The molecule has 2 heterocycles. The van der Waals surface area contributed by atoms with Gasteiger partial charge in [0.25, 0.3) is 5.91 Å². The van der Waals surface area contributed by atoms with Gasteiger partial charge in [-0.15, -0.1) is 0 Å². The molecule has 4 rings (SSSR count). The Morgan fingerprint density at radius 2 is 2.00 bits per heavy atom. The standard InChI is InChI=1S/C19H17F2N3O3/c20-11-4-12(21)6-15(5-11)27-16-7-13(8-16)23-19(26)17-9-22-24-14(10-25)2-1-3-18(17)24/h1-6,9,13,16,25H,7-8,10H2,(H,23,26)/t13-,16-. The molecule has 1 amide bonds. The number of nitrogens with zero attached hydrogens (tertiary/aromatic N) is 2. The lowest BCUT2D eigenvalue weighted by atomic mass is 9.89. The maximum absolute atomic E-state index is 13.2. The fourth-order valence-corrected chi connectivity index (χ4v) is 3.19. The number of halogens is 2. The Kier molecular flexibility index (Phi) is 4.49. The summed E-state index contributed by atoms with van der Waals surface area (Å²) in [6.45, 7) is -0.178. The van der Waals surface area contributed by atoms with Crippen LogP contribution in [0, 0.1) is 11.6 Å². The van der Waals surface area contributed by atoms with Gasteiger partial charge in [0.2, 0.25) is 0 Å². The van der Waals surface area contributed by atoms with Crippen molar-refractivity contribution in [1.82, 2.24) is 14.9 Å². The average molecular weight is 373 g/mol. The van der Waals surface area contributed by atoms with Crippen molar-refractivity contribution in [3.8, 4) is 5.75 Å². The molecule has 3 aromatic rings. The summed E-state index contributed by atoms with van der Waals surface area (Å²) in [7, 11) is 0. The van der Waals surface area contributed by atoms with Gasteiger partial charge in [-0.05, 0) is 12.1 Å². The number of fused-ring (bicyclic) bond motifs is 1. The molecule has 0 aliphatic heterocycles. The minimum Gasteiger partial charge on any atom is -0.490 e. The summed E-state index contributed by atoms with van der Waals surface area (Å²) in [4.78, 5) is 12.5. The lowest BCUT2D eigenvalue weighted by Crippen LogP contribution is -2.49. The topological polar surface area (TPSA) is 75.9 Å². The Morgan fingerprint density at radius 1 is 1.26 bits per heavy atom. The van der Waals surface area contributed by atoms with Crippen molar-refractivity contribution in [3.63, 3.8) is 0 Å². The number of hydrogen-bond donors (Lipinski definition) is 2. The third-order valence-electron chi connectivity index (χ3n) is 4.60. The molecule has 0 atom stereocenters. The summed E-state index contributed by atoms with van der Waals surface area (Å²) in [5.41, 5.74) is 1.62. The molecule has 1 fully saturated rings. The molecule has 1 saturated carbocycles. The van der Waals surface area contributed by atoms with Crippen molar-refractivity contribution >= 4 is 11.4 Å². The second kappa shape index (κ2) is 6.96. The molecule has 1 aliphatic rings. The van der Waals surface area contributed by atoms with Crippen LogP contribution in [0.25, 0.3) is 5.52 Å². The fraction of sp³-hybridized carbons (Fsp3) is 0.263. The van der Waals surface area contributed by atoms with Gasteiger partial charge < -0.3 is 15.2 Å². The summed E-state index contributed by atoms with van der Waals surface area (Å²) < 4.78 is 33.4. The zero-order valence-electron chi connectivity index (χ0n) is 14.2. The Morgan fingerprint density at radius 3 is 2.70 bits per heavy atom. The van der Waals surface area contributed by atoms with Crippen LogP contribution in [0.15, 0.2) is 42.6 Å². The Labute approximate surface area is 153 Å². The van der Waals surface area contributed by atoms with Crippen LogP contribution in [-0.2, 0) is 6.61 Å². The first-order chi connectivity index (χ1) is 13.0. The third-order valence-corrected chi connectivity index (χ3v) is 4.60. The average Bonchev–Trinajstić information content (AvgIpc) is 3.03. The number of rotatable bonds is 5. The highest BCUT2D eigenvalue weighted by molar-refractivity contribution is 6.00. The van der Waals surface area contributed by atoms with Crippen LogP contribution in [-0.4, -0.2) is 32.8 Å². The monoisotopic (exact) mass is 373 g/mol. The molecule has 140 valence electrons. The predicted octanol–water partition coefficient (Wildman–Crippen LogP) is 2.44. The van der Waals surface area contributed by atoms with Crippen molar-refractivity contribution in [3.05, 3.63) is 65.5 Å². The number of pyridine rings is 1. The van der Waals surface area contributed by atoms with Gasteiger partial charge in [0.1, 0.15) is 23.5 Å². The van der Waals surface area contributed by atoms with E-state index in [1.807, 2.05) is 0 Å². The van der Waals surface area contributed by atoms with E-state index in [1.54, 1.807) is 18.2 Å². The predicted molar refractivity (Wildman–Crippen MR) is 92.4 cm³/mol. The number of aliphatic hydroxyl groups excluding tert-OH is 1. The number of aromatic nitrogens is 2. The van der Waals surface area contributed by atoms with Gasteiger partial charge in [-0.1, -0.05) is 6.07 Å². The van der Waals surface area contributed by atoms with E-state index in [0.717, 1.165) is 18.2 Å². The van der Waals surface area contributed by atoms with Crippen molar-refractivity contribution in [2.75, 3.05) is 0 Å². The van der Waals surface area contributed by atoms with E-state index >= 15 is 0 Å². The molecule has 0 unspecified atom stereocenters. The SMILES string of the molecule is O=C(N[C@H]1C[C@H](Oc2cc(F)cc(F)c2)C1)c1cnn2c(CO)cccc12. The lowest BCUT2D eigenvalue weighted by molar-refractivity contribution is 0.0699. The van der Waals surface area contributed by atoms with Crippen molar-refractivity contribution in [2.24, 2.45) is 0 Å². The van der Waals surface area contributed by atoms with E-state index in [0.29, 0.717) is 29.6 Å². The highest BCUT2D eigenvalue weighted by Crippen LogP contribution is 2.27. The molecule has 0 bridgehead atoms. The molecule has 1 aromatic carbocycles. The van der Waals surface area contributed by atoms with E-state index in [-0.39, 0.29) is 30.4 Å². The Hall–Kier alpha value is -3.00. The Balaban J connectivity index is 1.37. The zero-order valence-corrected chi connectivity index (χ0v) is 14.2. The molecule has 8 heteroatoms. The fourth-order valence-electron chi connectivity index (χ4n) is 3.19. The smallest absolute Gasteiger partial charge is 0.255 e. The highest BCUT2D eigenvalue weighted by Gasteiger charge is 2.33. The minimum atomic E-state index is -0.690. The second-order valence-electron chi connectivity index (χ2n) is 6.52. The zero-order chi connectivity index (χ0) is 19.0. The van der Waals surface area contributed by atoms with Crippen LogP contribution < -0.4 is 10.1 Å². The van der Waals surface area contributed by atoms with Gasteiger partial charge in [0, 0.05) is 37.1 Å². The largest absolute Gasteiger partial charge is 0.490 e. The molecule has 0 radical (unpaired) electrons.